The molecule has 2 N–H and O–H groups in total. The van der Waals surface area contributed by atoms with Crippen molar-refractivity contribution in [3.63, 3.8) is 0 Å². The lowest BCUT2D eigenvalue weighted by Crippen LogP contribution is -2.39. The number of nitrogens with zero attached hydrogens (tertiary/aromatic N) is 1. The molecular weight excluding hydrogens is 444 g/mol. The van der Waals surface area contributed by atoms with Crippen LogP contribution < -0.4 is 5.32 Å². The fraction of sp³-hybridized carbons (Fsp3) is 0.357. The summed E-state index contributed by atoms with van der Waals surface area (Å²) in [6, 6.07) is 17.4. The Morgan fingerprint density at radius 2 is 1.86 bits per heavy atom. The Balaban J connectivity index is 1.74. The maximum absolute atomic E-state index is 13.1. The molecule has 0 bridgehead atoms. The number of fused-ring (bicyclic) bond motifs is 1. The zero-order chi connectivity index (χ0) is 24.8. The molecule has 2 aromatic carbocycles. The van der Waals surface area contributed by atoms with E-state index in [1.807, 2.05) is 73.8 Å². The van der Waals surface area contributed by atoms with Crippen LogP contribution in [0.2, 0.25) is 0 Å². The molecule has 4 rings (SSSR count). The molecule has 0 saturated heterocycles. The molecule has 1 aliphatic rings. The fourth-order valence-electron chi connectivity index (χ4n) is 4.72. The first-order valence-corrected chi connectivity index (χ1v) is 12.1. The summed E-state index contributed by atoms with van der Waals surface area (Å²) in [7, 11) is 0. The van der Waals surface area contributed by atoms with Crippen LogP contribution in [0, 0.1) is 5.92 Å². The van der Waals surface area contributed by atoms with Crippen molar-refractivity contribution in [3.05, 3.63) is 83.8 Å². The van der Waals surface area contributed by atoms with E-state index in [9.17, 15) is 14.7 Å². The third-order valence-corrected chi connectivity index (χ3v) is 6.37. The summed E-state index contributed by atoms with van der Waals surface area (Å²) < 4.78 is 13.7. The molecule has 0 saturated carbocycles. The van der Waals surface area contributed by atoms with Crippen LogP contribution in [0.3, 0.4) is 0 Å². The Bertz CT molecular complexity index is 1200. The summed E-state index contributed by atoms with van der Waals surface area (Å²) in [5.41, 5.74) is 2.74. The van der Waals surface area contributed by atoms with E-state index in [1.165, 1.54) is 6.92 Å². The summed E-state index contributed by atoms with van der Waals surface area (Å²) >= 11 is 0. The van der Waals surface area contributed by atoms with Crippen LogP contribution in [0.4, 0.5) is 0 Å². The third kappa shape index (κ3) is 5.47. The second-order valence-electron chi connectivity index (χ2n) is 8.69. The molecular formula is C28H32N2O5. The van der Waals surface area contributed by atoms with Crippen molar-refractivity contribution in [2.24, 2.45) is 5.92 Å². The van der Waals surface area contributed by atoms with Crippen LogP contribution in [0.15, 0.2) is 72.6 Å². The number of carbonyl (C=O) groups is 2. The fourth-order valence-corrected chi connectivity index (χ4v) is 4.72. The third-order valence-electron chi connectivity index (χ3n) is 6.37. The summed E-state index contributed by atoms with van der Waals surface area (Å²) in [4.78, 5) is 25.5. The Kier molecular flexibility index (Phi) is 8.00. The lowest BCUT2D eigenvalue weighted by atomic mass is 9.80. The van der Waals surface area contributed by atoms with Crippen molar-refractivity contribution in [3.8, 4) is 0 Å². The number of carbonyl (C=O) groups excluding carboxylic acids is 2. The van der Waals surface area contributed by atoms with Gasteiger partial charge in [-0.15, -0.1) is 0 Å². The molecule has 7 heteroatoms. The predicted octanol–water partition coefficient (Wildman–Crippen LogP) is 4.37. The zero-order valence-electron chi connectivity index (χ0n) is 20.1. The van der Waals surface area contributed by atoms with Crippen LogP contribution in [0.25, 0.3) is 10.9 Å². The minimum Gasteiger partial charge on any atom is -0.459 e. The lowest BCUT2D eigenvalue weighted by Gasteiger charge is -2.36. The van der Waals surface area contributed by atoms with Gasteiger partial charge in [0.15, 0.2) is 5.76 Å². The van der Waals surface area contributed by atoms with Gasteiger partial charge in [0, 0.05) is 50.1 Å². The number of aliphatic hydroxyl groups excluding tert-OH is 1. The smallest absolute Gasteiger partial charge is 0.286 e. The molecule has 35 heavy (non-hydrogen) atoms. The molecule has 0 fully saturated rings. The van der Waals surface area contributed by atoms with E-state index in [-0.39, 0.29) is 36.0 Å². The van der Waals surface area contributed by atoms with Crippen molar-refractivity contribution in [2.45, 2.75) is 45.4 Å². The minimum absolute atomic E-state index is 0.0470. The first kappa shape index (κ1) is 24.7. The van der Waals surface area contributed by atoms with Crippen molar-refractivity contribution < 1.29 is 24.2 Å². The van der Waals surface area contributed by atoms with E-state index in [0.29, 0.717) is 26.0 Å². The van der Waals surface area contributed by atoms with Crippen molar-refractivity contribution >= 4 is 22.7 Å². The van der Waals surface area contributed by atoms with E-state index in [0.717, 1.165) is 22.0 Å². The van der Waals surface area contributed by atoms with E-state index >= 15 is 0 Å². The number of aromatic nitrogens is 1. The van der Waals surface area contributed by atoms with Gasteiger partial charge in [-0.05, 0) is 43.0 Å². The van der Waals surface area contributed by atoms with Gasteiger partial charge in [-0.2, -0.15) is 0 Å². The average Bonchev–Trinajstić information content (AvgIpc) is 3.27. The second kappa shape index (κ2) is 11.3. The molecule has 0 aliphatic carbocycles. The quantitative estimate of drug-likeness (QED) is 0.479. The summed E-state index contributed by atoms with van der Waals surface area (Å²) in [6.45, 7) is 4.26. The van der Waals surface area contributed by atoms with Crippen molar-refractivity contribution in [1.82, 2.24) is 9.88 Å². The largest absolute Gasteiger partial charge is 0.459 e. The van der Waals surface area contributed by atoms with E-state index in [4.69, 9.17) is 9.47 Å². The highest BCUT2D eigenvalue weighted by Gasteiger charge is 2.39. The number of amides is 1. The average molecular weight is 477 g/mol. The number of hydrogen-bond acceptors (Lipinski definition) is 5. The molecule has 0 radical (unpaired) electrons. The number of ether oxygens (including phenoxy) is 2. The standard InChI is InChI=1S/C28H32N2O5/c1-3-34-28-22(13-9-15-31)23(24-18-30(19(2)32)25-14-8-7-12-21(24)25)16-26(35-28)27(33)29-17-20-10-5-4-6-11-20/h4-8,10-12,14,16,18,22-23,28,31H,3,9,13,15,17H2,1-2H3,(H,29,33)/t22-,23-,28+/m0/s1. The zero-order valence-corrected chi connectivity index (χ0v) is 20.1. The maximum atomic E-state index is 13.1. The molecule has 2 heterocycles. The van der Waals surface area contributed by atoms with Crippen LogP contribution in [0.1, 0.15) is 48.5 Å². The highest BCUT2D eigenvalue weighted by atomic mass is 16.7. The van der Waals surface area contributed by atoms with Gasteiger partial charge < -0.3 is 19.9 Å². The van der Waals surface area contributed by atoms with Crippen LogP contribution in [0.5, 0.6) is 0 Å². The number of nitrogens with one attached hydrogen (secondary N) is 1. The molecule has 3 atom stereocenters. The van der Waals surface area contributed by atoms with Gasteiger partial charge in [-0.25, -0.2) is 0 Å². The number of para-hydroxylation sites is 1. The van der Waals surface area contributed by atoms with Crippen molar-refractivity contribution in [1.29, 1.82) is 0 Å². The van der Waals surface area contributed by atoms with Gasteiger partial charge in [0.2, 0.25) is 12.2 Å². The van der Waals surface area contributed by atoms with Gasteiger partial charge in [0.05, 0.1) is 5.52 Å². The minimum atomic E-state index is -0.654. The van der Waals surface area contributed by atoms with E-state index in [1.54, 1.807) is 4.57 Å². The molecule has 1 amide bonds. The second-order valence-corrected chi connectivity index (χ2v) is 8.69. The number of hydrogen-bond donors (Lipinski definition) is 2. The highest BCUT2D eigenvalue weighted by molar-refractivity contribution is 5.95. The molecule has 7 nitrogen and oxygen atoms in total. The molecule has 1 aromatic heterocycles. The number of benzene rings is 2. The molecule has 0 spiro atoms. The number of aliphatic hydroxyl groups is 1. The van der Waals surface area contributed by atoms with Gasteiger partial charge in [-0.3, -0.25) is 14.2 Å². The SMILES string of the molecule is CCO[C@@H]1OC(C(=O)NCc2ccccc2)=C[C@H](c2cn(C(C)=O)c3ccccc23)[C@@H]1CCCO. The number of allylic oxidation sites excluding steroid dienone is 1. The predicted molar refractivity (Wildman–Crippen MR) is 134 cm³/mol. The molecule has 0 unspecified atom stereocenters. The molecule has 3 aromatic rings. The Hall–Kier alpha value is -3.42. The normalized spacial score (nSPS) is 19.7. The first-order chi connectivity index (χ1) is 17.0. The van der Waals surface area contributed by atoms with Crippen LogP contribution in [-0.2, 0) is 20.8 Å². The van der Waals surface area contributed by atoms with Gasteiger partial charge in [0.25, 0.3) is 5.91 Å². The van der Waals surface area contributed by atoms with Crippen molar-refractivity contribution in [2.75, 3.05) is 13.2 Å². The topological polar surface area (TPSA) is 89.8 Å². The maximum Gasteiger partial charge on any atom is 0.286 e. The van der Waals surface area contributed by atoms with E-state index in [2.05, 4.69) is 5.32 Å². The lowest BCUT2D eigenvalue weighted by molar-refractivity contribution is -0.166. The summed E-state index contributed by atoms with van der Waals surface area (Å²) in [5.74, 6) is -0.588. The van der Waals surface area contributed by atoms with Gasteiger partial charge in [0.1, 0.15) is 0 Å². The van der Waals surface area contributed by atoms with Crippen LogP contribution in [-0.4, -0.2) is 41.0 Å². The Labute approximate surface area is 205 Å². The van der Waals surface area contributed by atoms with Gasteiger partial charge in [-0.1, -0.05) is 48.5 Å². The monoisotopic (exact) mass is 476 g/mol. The summed E-state index contributed by atoms with van der Waals surface area (Å²) in [6.07, 6.45) is 4.25. The molecule has 1 aliphatic heterocycles. The Morgan fingerprint density at radius 1 is 1.11 bits per heavy atom. The Morgan fingerprint density at radius 3 is 2.57 bits per heavy atom. The first-order valence-electron chi connectivity index (χ1n) is 12.1. The van der Waals surface area contributed by atoms with Crippen LogP contribution >= 0.6 is 0 Å². The molecule has 184 valence electrons. The van der Waals surface area contributed by atoms with E-state index < -0.39 is 6.29 Å². The number of rotatable bonds is 9. The van der Waals surface area contributed by atoms with Gasteiger partial charge >= 0.3 is 0 Å². The highest BCUT2D eigenvalue weighted by Crippen LogP contribution is 2.42. The summed E-state index contributed by atoms with van der Waals surface area (Å²) in [5, 5.41) is 13.4.